The highest BCUT2D eigenvalue weighted by molar-refractivity contribution is 5.69. The lowest BCUT2D eigenvalue weighted by molar-refractivity contribution is -0.143. The standard InChI is InChI=1S/C11H15NO5/c1-3-15-11(14)12-10-6-4-5-9(17-10)7-16-8(2)13/h4-6,9H,3,7H2,1-2H3,(H,12,14)/t9-/m0/s1. The molecule has 0 aromatic heterocycles. The van der Waals surface area contributed by atoms with Gasteiger partial charge in [0.2, 0.25) is 0 Å². The van der Waals surface area contributed by atoms with Crippen LogP contribution in [0.4, 0.5) is 4.79 Å². The molecule has 1 rings (SSSR count). The number of ether oxygens (including phenoxy) is 3. The predicted molar refractivity (Wildman–Crippen MR) is 58.9 cm³/mol. The van der Waals surface area contributed by atoms with Gasteiger partial charge in [-0.05, 0) is 19.1 Å². The molecule has 94 valence electrons. The minimum absolute atomic E-state index is 0.105. The molecule has 1 N–H and O–H groups in total. The predicted octanol–water partition coefficient (Wildman–Crippen LogP) is 1.09. The largest absolute Gasteiger partial charge is 0.468 e. The first kappa shape index (κ1) is 13.1. The molecule has 1 amide bonds. The Kier molecular flexibility index (Phi) is 5.06. The van der Waals surface area contributed by atoms with Gasteiger partial charge in [0, 0.05) is 6.92 Å². The molecule has 0 saturated heterocycles. The fraction of sp³-hybridized carbons (Fsp3) is 0.455. The van der Waals surface area contributed by atoms with Gasteiger partial charge < -0.3 is 14.2 Å². The second-order valence-electron chi connectivity index (χ2n) is 3.22. The maximum atomic E-state index is 11.1. The lowest BCUT2D eigenvalue weighted by atomic mass is 10.3. The van der Waals surface area contributed by atoms with Crippen LogP contribution < -0.4 is 5.32 Å². The van der Waals surface area contributed by atoms with Gasteiger partial charge in [-0.1, -0.05) is 6.08 Å². The number of esters is 1. The van der Waals surface area contributed by atoms with Gasteiger partial charge in [0.05, 0.1) is 6.61 Å². The maximum absolute atomic E-state index is 11.1. The lowest BCUT2D eigenvalue weighted by Gasteiger charge is -2.20. The van der Waals surface area contributed by atoms with Gasteiger partial charge >= 0.3 is 12.1 Å². The molecule has 6 nitrogen and oxygen atoms in total. The normalized spacial score (nSPS) is 17.8. The SMILES string of the molecule is CCOC(=O)NC1=CC=C[C@@H](COC(C)=O)O1. The lowest BCUT2D eigenvalue weighted by Crippen LogP contribution is -2.30. The van der Waals surface area contributed by atoms with Gasteiger partial charge in [0.15, 0.2) is 12.0 Å². The topological polar surface area (TPSA) is 73.9 Å². The van der Waals surface area contributed by atoms with E-state index in [0.717, 1.165) is 0 Å². The number of allylic oxidation sites excluding steroid dienone is 2. The number of rotatable bonds is 4. The number of hydrogen-bond donors (Lipinski definition) is 1. The average Bonchev–Trinajstić information content (AvgIpc) is 2.27. The molecule has 0 bridgehead atoms. The molecule has 1 atom stereocenters. The first-order valence-electron chi connectivity index (χ1n) is 5.24. The molecular weight excluding hydrogens is 226 g/mol. The molecule has 0 saturated carbocycles. The summed E-state index contributed by atoms with van der Waals surface area (Å²) in [6.45, 7) is 3.42. The van der Waals surface area contributed by atoms with Crippen LogP contribution in [-0.2, 0) is 19.0 Å². The van der Waals surface area contributed by atoms with E-state index < -0.39 is 12.2 Å². The van der Waals surface area contributed by atoms with E-state index in [1.165, 1.54) is 6.92 Å². The number of amides is 1. The van der Waals surface area contributed by atoms with Gasteiger partial charge in [0.25, 0.3) is 0 Å². The zero-order valence-electron chi connectivity index (χ0n) is 9.76. The minimum Gasteiger partial charge on any atom is -0.468 e. The van der Waals surface area contributed by atoms with Crippen LogP contribution in [0.15, 0.2) is 24.1 Å². The zero-order chi connectivity index (χ0) is 12.7. The third-order valence-corrected chi connectivity index (χ3v) is 1.80. The van der Waals surface area contributed by atoms with Crippen LogP contribution in [0.1, 0.15) is 13.8 Å². The second kappa shape index (κ2) is 6.57. The van der Waals surface area contributed by atoms with Crippen LogP contribution in [-0.4, -0.2) is 31.4 Å². The van der Waals surface area contributed by atoms with E-state index in [-0.39, 0.29) is 25.1 Å². The van der Waals surface area contributed by atoms with Crippen molar-refractivity contribution in [2.24, 2.45) is 0 Å². The molecule has 0 aromatic carbocycles. The smallest absolute Gasteiger partial charge is 0.413 e. The van der Waals surface area contributed by atoms with Gasteiger partial charge in [-0.25, -0.2) is 4.79 Å². The van der Waals surface area contributed by atoms with E-state index in [0.29, 0.717) is 0 Å². The molecule has 1 aliphatic heterocycles. The Labute approximate surface area is 99.2 Å². The van der Waals surface area contributed by atoms with Crippen molar-refractivity contribution in [1.29, 1.82) is 0 Å². The van der Waals surface area contributed by atoms with Crippen molar-refractivity contribution in [2.75, 3.05) is 13.2 Å². The molecule has 0 radical (unpaired) electrons. The molecule has 0 unspecified atom stereocenters. The third-order valence-electron chi connectivity index (χ3n) is 1.80. The van der Waals surface area contributed by atoms with Gasteiger partial charge in [-0.15, -0.1) is 0 Å². The molecule has 6 heteroatoms. The molecule has 0 aliphatic carbocycles. The Morgan fingerprint density at radius 3 is 2.88 bits per heavy atom. The highest BCUT2D eigenvalue weighted by atomic mass is 16.6. The van der Waals surface area contributed by atoms with Crippen molar-refractivity contribution >= 4 is 12.1 Å². The molecule has 0 fully saturated rings. The van der Waals surface area contributed by atoms with Crippen molar-refractivity contribution in [3.8, 4) is 0 Å². The third kappa shape index (κ3) is 5.05. The van der Waals surface area contributed by atoms with Gasteiger partial charge in [-0.2, -0.15) is 0 Å². The van der Waals surface area contributed by atoms with Crippen molar-refractivity contribution in [3.63, 3.8) is 0 Å². The van der Waals surface area contributed by atoms with Crippen molar-refractivity contribution in [1.82, 2.24) is 5.32 Å². The van der Waals surface area contributed by atoms with E-state index in [2.05, 4.69) is 5.32 Å². The monoisotopic (exact) mass is 241 g/mol. The number of nitrogens with one attached hydrogen (secondary N) is 1. The van der Waals surface area contributed by atoms with Gasteiger partial charge in [-0.3, -0.25) is 10.1 Å². The summed E-state index contributed by atoms with van der Waals surface area (Å²) in [5, 5.41) is 2.42. The molecule has 0 spiro atoms. The van der Waals surface area contributed by atoms with Gasteiger partial charge in [0.1, 0.15) is 6.61 Å². The fourth-order valence-corrected chi connectivity index (χ4v) is 1.14. The Balaban J connectivity index is 2.38. The van der Waals surface area contributed by atoms with Crippen molar-refractivity contribution < 1.29 is 23.8 Å². The molecule has 1 heterocycles. The Hall–Kier alpha value is -1.98. The van der Waals surface area contributed by atoms with E-state index >= 15 is 0 Å². The van der Waals surface area contributed by atoms with Crippen molar-refractivity contribution in [3.05, 3.63) is 24.1 Å². The summed E-state index contributed by atoms with van der Waals surface area (Å²) in [6.07, 6.45) is 4.03. The zero-order valence-corrected chi connectivity index (χ0v) is 9.76. The Morgan fingerprint density at radius 1 is 1.47 bits per heavy atom. The Bertz CT molecular complexity index is 348. The van der Waals surface area contributed by atoms with Crippen LogP contribution in [0, 0.1) is 0 Å². The molecule has 0 aromatic rings. The molecule has 1 aliphatic rings. The summed E-state index contributed by atoms with van der Waals surface area (Å²) in [7, 11) is 0. The highest BCUT2D eigenvalue weighted by Gasteiger charge is 2.15. The summed E-state index contributed by atoms with van der Waals surface area (Å²) < 4.78 is 14.8. The number of carbonyl (C=O) groups excluding carboxylic acids is 2. The van der Waals surface area contributed by atoms with E-state index in [4.69, 9.17) is 14.2 Å². The van der Waals surface area contributed by atoms with Crippen LogP contribution in [0.5, 0.6) is 0 Å². The summed E-state index contributed by atoms with van der Waals surface area (Å²) in [5.74, 6) is -0.112. The van der Waals surface area contributed by atoms with E-state index in [9.17, 15) is 9.59 Å². The highest BCUT2D eigenvalue weighted by Crippen LogP contribution is 2.09. The minimum atomic E-state index is -0.583. The van der Waals surface area contributed by atoms with Crippen LogP contribution >= 0.6 is 0 Å². The first-order chi connectivity index (χ1) is 8.11. The summed E-state index contributed by atoms with van der Waals surface area (Å²) in [6, 6.07) is 0. The van der Waals surface area contributed by atoms with E-state index in [1.54, 1.807) is 25.2 Å². The number of carbonyl (C=O) groups is 2. The fourth-order valence-electron chi connectivity index (χ4n) is 1.14. The summed E-state index contributed by atoms with van der Waals surface area (Å²) >= 11 is 0. The number of alkyl carbamates (subject to hydrolysis) is 1. The Morgan fingerprint density at radius 2 is 2.24 bits per heavy atom. The molecular formula is C11H15NO5. The number of hydrogen-bond acceptors (Lipinski definition) is 5. The van der Waals surface area contributed by atoms with Crippen LogP contribution in [0.2, 0.25) is 0 Å². The van der Waals surface area contributed by atoms with Crippen LogP contribution in [0.25, 0.3) is 0 Å². The van der Waals surface area contributed by atoms with Crippen LogP contribution in [0.3, 0.4) is 0 Å². The first-order valence-corrected chi connectivity index (χ1v) is 5.24. The quantitative estimate of drug-likeness (QED) is 0.746. The second-order valence-corrected chi connectivity index (χ2v) is 3.22. The summed E-state index contributed by atoms with van der Waals surface area (Å²) in [4.78, 5) is 21.7. The van der Waals surface area contributed by atoms with E-state index in [1.807, 2.05) is 0 Å². The average molecular weight is 241 g/mol. The van der Waals surface area contributed by atoms with Crippen molar-refractivity contribution in [2.45, 2.75) is 20.0 Å². The summed E-state index contributed by atoms with van der Waals surface area (Å²) in [5.41, 5.74) is 0. The maximum Gasteiger partial charge on any atom is 0.413 e. The molecule has 17 heavy (non-hydrogen) atoms.